The fourth-order valence-corrected chi connectivity index (χ4v) is 4.37. The first-order valence-electron chi connectivity index (χ1n) is 10.1. The Morgan fingerprint density at radius 2 is 1.94 bits per heavy atom. The summed E-state index contributed by atoms with van der Waals surface area (Å²) in [6, 6.07) is 12.2. The van der Waals surface area contributed by atoms with Crippen molar-refractivity contribution in [2.45, 2.75) is 37.1 Å². The normalized spacial score (nSPS) is 13.5. The number of hydrogen-bond acceptors (Lipinski definition) is 5. The summed E-state index contributed by atoms with van der Waals surface area (Å²) >= 11 is 0. The van der Waals surface area contributed by atoms with Crippen molar-refractivity contribution in [1.29, 1.82) is 0 Å². The Morgan fingerprint density at radius 1 is 1.16 bits per heavy atom. The Bertz CT molecular complexity index is 1070. The number of nitrogens with zero attached hydrogens (tertiary/aromatic N) is 1. The minimum Gasteiger partial charge on any atom is -0.494 e. The van der Waals surface area contributed by atoms with Gasteiger partial charge in [-0.25, -0.2) is 12.7 Å². The number of sulfonamides is 1. The second-order valence-electron chi connectivity index (χ2n) is 7.49. The maximum Gasteiger partial charge on any atom is 0.242 e. The van der Waals surface area contributed by atoms with Gasteiger partial charge in [0.05, 0.1) is 11.5 Å². The molecule has 166 valence electrons. The Morgan fingerprint density at radius 3 is 2.71 bits per heavy atom. The Hall–Kier alpha value is -2.91. The van der Waals surface area contributed by atoms with Gasteiger partial charge in [-0.3, -0.25) is 9.59 Å². The van der Waals surface area contributed by atoms with Crippen LogP contribution in [0.25, 0.3) is 0 Å². The zero-order valence-corrected chi connectivity index (χ0v) is 18.5. The molecule has 0 atom stereocenters. The number of nitrogens with one attached hydrogen (secondary N) is 2. The van der Waals surface area contributed by atoms with Gasteiger partial charge in [0.15, 0.2) is 0 Å². The highest BCUT2D eigenvalue weighted by atomic mass is 32.2. The Balaban J connectivity index is 1.45. The average molecular weight is 446 g/mol. The molecule has 2 N–H and O–H groups in total. The van der Waals surface area contributed by atoms with E-state index >= 15 is 0 Å². The molecule has 0 unspecified atom stereocenters. The van der Waals surface area contributed by atoms with Crippen LogP contribution in [0.5, 0.6) is 5.75 Å². The fourth-order valence-electron chi connectivity index (χ4n) is 3.25. The van der Waals surface area contributed by atoms with E-state index in [4.69, 9.17) is 4.74 Å². The van der Waals surface area contributed by atoms with Gasteiger partial charge in [0.1, 0.15) is 5.75 Å². The molecule has 0 saturated heterocycles. The van der Waals surface area contributed by atoms with Gasteiger partial charge in [-0.15, -0.1) is 0 Å². The molecule has 0 spiro atoms. The molecule has 8 nitrogen and oxygen atoms in total. The van der Waals surface area contributed by atoms with Crippen LogP contribution in [0.1, 0.15) is 30.4 Å². The van der Waals surface area contributed by atoms with Crippen molar-refractivity contribution in [2.75, 3.05) is 26.0 Å². The number of amides is 2. The summed E-state index contributed by atoms with van der Waals surface area (Å²) in [6.07, 6.45) is 1.95. The molecule has 2 amide bonds. The molecule has 2 aromatic rings. The molecule has 0 aromatic heterocycles. The van der Waals surface area contributed by atoms with Crippen LogP contribution in [0.2, 0.25) is 0 Å². The van der Waals surface area contributed by atoms with Crippen molar-refractivity contribution in [2.24, 2.45) is 0 Å². The van der Waals surface area contributed by atoms with Crippen LogP contribution >= 0.6 is 0 Å². The van der Waals surface area contributed by atoms with Gasteiger partial charge in [0.25, 0.3) is 0 Å². The van der Waals surface area contributed by atoms with E-state index in [1.165, 1.54) is 20.2 Å². The van der Waals surface area contributed by atoms with Crippen molar-refractivity contribution in [3.05, 3.63) is 53.6 Å². The SMILES string of the molecule is CN(C)S(=O)(=O)c1ccccc1CNC(=O)CCCOc1ccc2c(c1)CCC(=O)N2. The lowest BCUT2D eigenvalue weighted by atomic mass is 10.0. The number of ether oxygens (including phenoxy) is 1. The molecule has 1 heterocycles. The summed E-state index contributed by atoms with van der Waals surface area (Å²) in [5.41, 5.74) is 2.41. The Labute approximate surface area is 182 Å². The van der Waals surface area contributed by atoms with Crippen molar-refractivity contribution in [3.63, 3.8) is 0 Å². The smallest absolute Gasteiger partial charge is 0.242 e. The summed E-state index contributed by atoms with van der Waals surface area (Å²) in [5.74, 6) is 0.557. The lowest BCUT2D eigenvalue weighted by molar-refractivity contribution is -0.121. The van der Waals surface area contributed by atoms with Crippen LogP contribution in [-0.4, -0.2) is 45.2 Å². The summed E-state index contributed by atoms with van der Waals surface area (Å²) in [4.78, 5) is 23.8. The molecule has 1 aliphatic rings. The van der Waals surface area contributed by atoms with Crippen molar-refractivity contribution in [1.82, 2.24) is 9.62 Å². The maximum atomic E-state index is 12.4. The van der Waals surface area contributed by atoms with E-state index in [1.54, 1.807) is 24.3 Å². The van der Waals surface area contributed by atoms with Gasteiger partial charge in [-0.2, -0.15) is 0 Å². The van der Waals surface area contributed by atoms with E-state index < -0.39 is 10.0 Å². The van der Waals surface area contributed by atoms with Crippen molar-refractivity contribution >= 4 is 27.5 Å². The zero-order chi connectivity index (χ0) is 22.4. The maximum absolute atomic E-state index is 12.4. The van der Waals surface area contributed by atoms with Crippen LogP contribution in [0.15, 0.2) is 47.4 Å². The molecule has 0 fully saturated rings. The third-order valence-electron chi connectivity index (χ3n) is 5.00. The Kier molecular flexibility index (Phi) is 7.29. The van der Waals surface area contributed by atoms with Crippen molar-refractivity contribution < 1.29 is 22.7 Å². The number of fused-ring (bicyclic) bond motifs is 1. The number of anilines is 1. The van der Waals surface area contributed by atoms with Crippen LogP contribution in [0.4, 0.5) is 5.69 Å². The standard InChI is InChI=1S/C22H27N3O5S/c1-25(2)31(28,29)20-7-4-3-6-17(20)15-23-21(26)8-5-13-30-18-10-11-19-16(14-18)9-12-22(27)24-19/h3-4,6-7,10-11,14H,5,8-9,12-13,15H2,1-2H3,(H,23,26)(H,24,27). The average Bonchev–Trinajstić information content (AvgIpc) is 2.75. The minimum absolute atomic E-state index is 0.0223. The lowest BCUT2D eigenvalue weighted by Crippen LogP contribution is -2.27. The van der Waals surface area contributed by atoms with E-state index in [0.29, 0.717) is 37.2 Å². The van der Waals surface area contributed by atoms with Crippen LogP contribution in [-0.2, 0) is 32.6 Å². The highest BCUT2D eigenvalue weighted by Crippen LogP contribution is 2.27. The lowest BCUT2D eigenvalue weighted by Gasteiger charge is -2.17. The van der Waals surface area contributed by atoms with E-state index in [2.05, 4.69) is 10.6 Å². The second-order valence-corrected chi connectivity index (χ2v) is 9.61. The van der Waals surface area contributed by atoms with Gasteiger partial charge in [-0.05, 0) is 48.2 Å². The van der Waals surface area contributed by atoms with Crippen molar-refractivity contribution in [3.8, 4) is 5.75 Å². The summed E-state index contributed by atoms with van der Waals surface area (Å²) in [7, 11) is -0.627. The molecular formula is C22H27N3O5S. The summed E-state index contributed by atoms with van der Waals surface area (Å²) in [6.45, 7) is 0.517. The monoisotopic (exact) mass is 445 g/mol. The van der Waals surface area contributed by atoms with Gasteiger partial charge >= 0.3 is 0 Å². The molecule has 0 radical (unpaired) electrons. The largest absolute Gasteiger partial charge is 0.494 e. The molecule has 31 heavy (non-hydrogen) atoms. The highest BCUT2D eigenvalue weighted by molar-refractivity contribution is 7.89. The number of carbonyl (C=O) groups is 2. The van der Waals surface area contributed by atoms with Gasteiger partial charge in [0.2, 0.25) is 21.8 Å². The fraction of sp³-hybridized carbons (Fsp3) is 0.364. The molecule has 1 aliphatic heterocycles. The number of hydrogen-bond donors (Lipinski definition) is 2. The van der Waals surface area contributed by atoms with E-state index in [-0.39, 0.29) is 29.7 Å². The third kappa shape index (κ3) is 5.83. The highest BCUT2D eigenvalue weighted by Gasteiger charge is 2.20. The first kappa shape index (κ1) is 22.8. The number of aryl methyl sites for hydroxylation is 1. The summed E-state index contributed by atoms with van der Waals surface area (Å²) < 4.78 is 31.7. The molecule has 3 rings (SSSR count). The number of carbonyl (C=O) groups excluding carboxylic acids is 2. The summed E-state index contributed by atoms with van der Waals surface area (Å²) in [5, 5.41) is 5.60. The van der Waals surface area contributed by atoms with Gasteiger partial charge in [-0.1, -0.05) is 18.2 Å². The first-order chi connectivity index (χ1) is 14.8. The topological polar surface area (TPSA) is 105 Å². The molecule has 0 aliphatic carbocycles. The number of rotatable bonds is 9. The van der Waals surface area contributed by atoms with E-state index in [1.807, 2.05) is 12.1 Å². The predicted octanol–water partition coefficient (Wildman–Crippen LogP) is 2.30. The minimum atomic E-state index is -3.58. The molecule has 9 heteroatoms. The van der Waals surface area contributed by atoms with Crippen LogP contribution in [0.3, 0.4) is 0 Å². The van der Waals surface area contributed by atoms with Crippen LogP contribution < -0.4 is 15.4 Å². The van der Waals surface area contributed by atoms with Gasteiger partial charge < -0.3 is 15.4 Å². The predicted molar refractivity (Wildman–Crippen MR) is 117 cm³/mol. The molecule has 0 saturated carbocycles. The second kappa shape index (κ2) is 9.93. The van der Waals surface area contributed by atoms with Gasteiger partial charge in [0, 0.05) is 39.2 Å². The first-order valence-corrected chi connectivity index (χ1v) is 11.5. The molecule has 0 bridgehead atoms. The zero-order valence-electron chi connectivity index (χ0n) is 17.7. The number of benzene rings is 2. The quantitative estimate of drug-likeness (QED) is 0.577. The van der Waals surface area contributed by atoms with E-state index in [9.17, 15) is 18.0 Å². The van der Waals surface area contributed by atoms with Crippen LogP contribution in [0, 0.1) is 0 Å². The third-order valence-corrected chi connectivity index (χ3v) is 6.91. The molecular weight excluding hydrogens is 418 g/mol. The van der Waals surface area contributed by atoms with E-state index in [0.717, 1.165) is 15.6 Å². The molecule has 2 aromatic carbocycles.